The number of carboxylic acids is 1. The molecular weight excluding hydrogens is 659 g/mol. The van der Waals surface area contributed by atoms with Gasteiger partial charge in [-0.3, -0.25) is 10.1 Å². The highest BCUT2D eigenvalue weighted by Crippen LogP contribution is 2.48. The number of rotatable bonds is 16. The Balaban J connectivity index is 0.000000316. The third-order valence-corrected chi connectivity index (χ3v) is 11.8. The summed E-state index contributed by atoms with van der Waals surface area (Å²) in [6.07, 6.45) is 7.14. The first-order valence-corrected chi connectivity index (χ1v) is 18.4. The number of sulfone groups is 1. The quantitative estimate of drug-likeness (QED) is 0.174. The molecule has 2 aliphatic carbocycles. The van der Waals surface area contributed by atoms with Crippen molar-refractivity contribution in [1.82, 2.24) is 10.2 Å². The molecule has 1 aliphatic heterocycles. The molecule has 3 atom stereocenters. The van der Waals surface area contributed by atoms with E-state index in [1.165, 1.54) is 51.4 Å². The SMILES string of the molecule is CCCCCCCCCCNC1(C#N)CC1.C[C@H](Oc1ccc(S(=O)(=O)[C@@H]2C[C@@H](C(=O)O)N(C(=O)C3(C)CC3)C2)c(Cl)c1)C(F)(F)F. The van der Waals surface area contributed by atoms with Gasteiger partial charge in [-0.1, -0.05) is 70.4 Å². The Morgan fingerprint density at radius 3 is 2.21 bits per heavy atom. The first-order chi connectivity index (χ1) is 22.0. The molecule has 1 heterocycles. The lowest BCUT2D eigenvalue weighted by molar-refractivity contribution is -0.189. The lowest BCUT2D eigenvalue weighted by Crippen LogP contribution is -2.44. The summed E-state index contributed by atoms with van der Waals surface area (Å²) in [5.41, 5.74) is -0.778. The maximum absolute atomic E-state index is 13.1. The van der Waals surface area contributed by atoms with Crippen molar-refractivity contribution < 1.29 is 41.0 Å². The maximum atomic E-state index is 13.1. The minimum atomic E-state index is -4.61. The summed E-state index contributed by atoms with van der Waals surface area (Å²) in [6, 6.07) is 4.14. The summed E-state index contributed by atoms with van der Waals surface area (Å²) in [4.78, 5) is 25.1. The highest BCUT2D eigenvalue weighted by molar-refractivity contribution is 7.92. The van der Waals surface area contributed by atoms with Gasteiger partial charge < -0.3 is 14.7 Å². The van der Waals surface area contributed by atoms with Crippen LogP contribution in [0.3, 0.4) is 0 Å². The van der Waals surface area contributed by atoms with Crippen molar-refractivity contribution in [1.29, 1.82) is 5.26 Å². The molecule has 9 nitrogen and oxygen atoms in total. The topological polar surface area (TPSA) is 137 Å². The zero-order valence-electron chi connectivity index (χ0n) is 27.4. The van der Waals surface area contributed by atoms with Crippen LogP contribution in [0.15, 0.2) is 23.1 Å². The number of nitriles is 1. The molecule has 14 heteroatoms. The van der Waals surface area contributed by atoms with Crippen LogP contribution in [0.4, 0.5) is 13.2 Å². The van der Waals surface area contributed by atoms with Crippen molar-refractivity contribution in [2.24, 2.45) is 5.41 Å². The largest absolute Gasteiger partial charge is 0.481 e. The van der Waals surface area contributed by atoms with E-state index >= 15 is 0 Å². The van der Waals surface area contributed by atoms with E-state index < -0.39 is 50.7 Å². The number of hydrogen-bond acceptors (Lipinski definition) is 7. The number of nitrogens with one attached hydrogen (secondary N) is 1. The van der Waals surface area contributed by atoms with Gasteiger partial charge in [0.15, 0.2) is 15.9 Å². The van der Waals surface area contributed by atoms with Crippen LogP contribution >= 0.6 is 11.6 Å². The number of likely N-dealkylation sites (tertiary alicyclic amines) is 1. The van der Waals surface area contributed by atoms with Crippen molar-refractivity contribution in [3.05, 3.63) is 23.2 Å². The van der Waals surface area contributed by atoms with Gasteiger partial charge in [0.1, 0.15) is 17.3 Å². The Bertz CT molecular complexity index is 1390. The lowest BCUT2D eigenvalue weighted by atomic mass is 10.1. The van der Waals surface area contributed by atoms with E-state index in [-0.39, 0.29) is 34.2 Å². The molecule has 1 aromatic rings. The van der Waals surface area contributed by atoms with E-state index in [0.29, 0.717) is 12.8 Å². The third kappa shape index (κ3) is 10.7. The molecule has 3 aliphatic rings. The molecule has 1 aromatic carbocycles. The summed E-state index contributed by atoms with van der Waals surface area (Å²) in [5.74, 6) is -1.96. The van der Waals surface area contributed by atoms with Gasteiger partial charge in [0, 0.05) is 18.0 Å². The molecule has 0 bridgehead atoms. The van der Waals surface area contributed by atoms with Crippen LogP contribution in [0.1, 0.15) is 104 Å². The minimum absolute atomic E-state index is 0.110. The van der Waals surface area contributed by atoms with Crippen molar-refractivity contribution in [3.63, 3.8) is 0 Å². The Kier molecular flexibility index (Phi) is 13.4. The maximum Gasteiger partial charge on any atom is 0.425 e. The number of amides is 1. The van der Waals surface area contributed by atoms with Crippen molar-refractivity contribution in [2.75, 3.05) is 13.1 Å². The second kappa shape index (κ2) is 16.2. The van der Waals surface area contributed by atoms with Gasteiger partial charge in [-0.05, 0) is 64.1 Å². The molecule has 4 rings (SSSR count). The summed E-state index contributed by atoms with van der Waals surface area (Å²) in [6.45, 7) is 5.49. The second-order valence-electron chi connectivity index (χ2n) is 13.3. The highest BCUT2D eigenvalue weighted by Gasteiger charge is 2.54. The number of aliphatic carboxylic acids is 1. The Morgan fingerprint density at radius 2 is 1.72 bits per heavy atom. The number of carboxylic acid groups (broad SMARTS) is 1. The number of halogens is 4. The fourth-order valence-electron chi connectivity index (χ4n) is 5.50. The van der Waals surface area contributed by atoms with E-state index in [1.54, 1.807) is 6.92 Å². The van der Waals surface area contributed by atoms with Crippen LogP contribution in [0.2, 0.25) is 5.02 Å². The van der Waals surface area contributed by atoms with E-state index in [9.17, 15) is 36.3 Å². The Labute approximate surface area is 281 Å². The standard InChI is InChI=1S/C19H21ClF3NO6S.C14H26N2/c1-10(19(21,22)23)30-11-3-4-15(13(20)7-11)31(28,29)12-8-14(16(25)26)24(9-12)17(27)18(2)5-6-18;1-2-3-4-5-6-7-8-9-12-16-14(13-15)10-11-14/h3-4,7,10,12,14H,5-6,8-9H2,1-2H3,(H,25,26);16H,2-12H2,1H3/t10-,12+,14-;/m0./s1. The normalized spacial score (nSPS) is 21.6. The second-order valence-corrected chi connectivity index (χ2v) is 15.9. The summed E-state index contributed by atoms with van der Waals surface area (Å²) in [7, 11) is -4.17. The van der Waals surface area contributed by atoms with Crippen LogP contribution in [-0.2, 0) is 19.4 Å². The van der Waals surface area contributed by atoms with Crippen LogP contribution in [0, 0.1) is 16.7 Å². The van der Waals surface area contributed by atoms with E-state index in [0.717, 1.165) is 49.4 Å². The zero-order valence-corrected chi connectivity index (χ0v) is 28.9. The number of unbranched alkanes of at least 4 members (excludes halogenated alkanes) is 7. The number of alkyl halides is 3. The van der Waals surface area contributed by atoms with Gasteiger partial charge >= 0.3 is 12.1 Å². The van der Waals surface area contributed by atoms with Crippen molar-refractivity contribution in [2.45, 2.75) is 138 Å². The molecule has 264 valence electrons. The molecule has 0 unspecified atom stereocenters. The number of benzene rings is 1. The molecule has 3 fully saturated rings. The number of nitrogens with zero attached hydrogens (tertiary/aromatic N) is 2. The number of hydrogen-bond donors (Lipinski definition) is 2. The van der Waals surface area contributed by atoms with Gasteiger partial charge in [0.05, 0.1) is 21.2 Å². The molecule has 0 aromatic heterocycles. The zero-order chi connectivity index (χ0) is 35.0. The molecule has 2 saturated carbocycles. The predicted molar refractivity (Wildman–Crippen MR) is 172 cm³/mol. The van der Waals surface area contributed by atoms with E-state index in [1.807, 2.05) is 0 Å². The fourth-order valence-corrected chi connectivity index (χ4v) is 7.74. The molecule has 47 heavy (non-hydrogen) atoms. The van der Waals surface area contributed by atoms with Gasteiger partial charge in [-0.15, -0.1) is 0 Å². The number of ether oxygens (including phenoxy) is 1. The van der Waals surface area contributed by atoms with Gasteiger partial charge in [0.2, 0.25) is 5.91 Å². The van der Waals surface area contributed by atoms with Crippen LogP contribution in [0.5, 0.6) is 5.75 Å². The minimum Gasteiger partial charge on any atom is -0.481 e. The Morgan fingerprint density at radius 1 is 1.13 bits per heavy atom. The summed E-state index contributed by atoms with van der Waals surface area (Å²) >= 11 is 6.03. The Hall–Kier alpha value is -2.56. The first-order valence-electron chi connectivity index (χ1n) is 16.5. The highest BCUT2D eigenvalue weighted by atomic mass is 35.5. The van der Waals surface area contributed by atoms with Gasteiger partial charge in [0.25, 0.3) is 0 Å². The van der Waals surface area contributed by atoms with Crippen molar-refractivity contribution in [3.8, 4) is 11.8 Å². The van der Waals surface area contributed by atoms with E-state index in [2.05, 4.69) is 18.3 Å². The molecule has 1 amide bonds. The van der Waals surface area contributed by atoms with E-state index in [4.69, 9.17) is 21.6 Å². The van der Waals surface area contributed by atoms with Crippen LogP contribution < -0.4 is 10.1 Å². The monoisotopic (exact) mass is 705 g/mol. The van der Waals surface area contributed by atoms with Crippen LogP contribution in [-0.4, -0.2) is 72.5 Å². The predicted octanol–water partition coefficient (Wildman–Crippen LogP) is 7.07. The average Bonchev–Trinajstić information content (AvgIpc) is 3.91. The number of carbonyl (C=O) groups is 2. The summed E-state index contributed by atoms with van der Waals surface area (Å²) < 4.78 is 69.0. The number of carbonyl (C=O) groups excluding carboxylic acids is 1. The molecule has 0 spiro atoms. The van der Waals surface area contributed by atoms with Gasteiger partial charge in [-0.2, -0.15) is 18.4 Å². The molecule has 1 saturated heterocycles. The molecule has 0 radical (unpaired) electrons. The smallest absolute Gasteiger partial charge is 0.425 e. The fraction of sp³-hybridized carbons (Fsp3) is 0.727. The van der Waals surface area contributed by atoms with Crippen LogP contribution in [0.25, 0.3) is 0 Å². The average molecular weight is 706 g/mol. The molecule has 2 N–H and O–H groups in total. The molecular formula is C33H47ClF3N3O6S. The summed E-state index contributed by atoms with van der Waals surface area (Å²) in [5, 5.41) is 20.2. The van der Waals surface area contributed by atoms with Crippen molar-refractivity contribution >= 4 is 33.3 Å². The third-order valence-electron chi connectivity index (χ3n) is 9.21. The van der Waals surface area contributed by atoms with Gasteiger partial charge in [-0.25, -0.2) is 13.2 Å². The lowest BCUT2D eigenvalue weighted by Gasteiger charge is -2.24. The first kappa shape index (κ1) is 38.9.